The number of carbonyl (C=O) groups excluding carboxylic acids is 1. The third kappa shape index (κ3) is 5.26. The fourth-order valence-electron chi connectivity index (χ4n) is 3.45. The van der Waals surface area contributed by atoms with Gasteiger partial charge in [-0.3, -0.25) is 9.69 Å². The third-order valence-electron chi connectivity index (χ3n) is 4.86. The Hall–Kier alpha value is -0.950. The van der Waals surface area contributed by atoms with E-state index in [-0.39, 0.29) is 23.6 Å². The second-order valence-corrected chi connectivity index (χ2v) is 7.86. The number of hydrogen-bond acceptors (Lipinski definition) is 5. The van der Waals surface area contributed by atoms with E-state index in [1.54, 1.807) is 18.9 Å². The molecule has 1 amide bonds. The van der Waals surface area contributed by atoms with Gasteiger partial charge in [-0.15, -0.1) is 24.2 Å². The summed E-state index contributed by atoms with van der Waals surface area (Å²) >= 11 is 1.62. The summed E-state index contributed by atoms with van der Waals surface area (Å²) in [6.45, 7) is 8.11. The molecular weight excluding hydrogens is 358 g/mol. The van der Waals surface area contributed by atoms with Crippen molar-refractivity contribution >= 4 is 30.1 Å². The third-order valence-corrected chi connectivity index (χ3v) is 5.96. The molecule has 0 aliphatic carbocycles. The molecule has 7 heteroatoms. The topological polar surface area (TPSA) is 44.8 Å². The maximum atomic E-state index is 12.8. The average Bonchev–Trinajstić information content (AvgIpc) is 3.12. The Morgan fingerprint density at radius 1 is 1.24 bits per heavy atom. The van der Waals surface area contributed by atoms with Crippen LogP contribution in [0.4, 0.5) is 0 Å². The van der Waals surface area contributed by atoms with Crippen molar-refractivity contribution in [2.24, 2.45) is 0 Å². The largest absolute Gasteiger partial charge is 0.497 e. The highest BCUT2D eigenvalue weighted by Gasteiger charge is 2.32. The standard InChI is InChI=1S/C18H27N3O2S.ClH/c1-14(24-17-5-3-16(23-2)4-6-17)18(22)21-10-7-15(13-21)20-11-8-19-9-12-20;/h3-6,14-15,19H,7-13H2,1-2H3;1H. The molecule has 3 rings (SSSR count). The number of rotatable bonds is 5. The molecule has 0 bridgehead atoms. The van der Waals surface area contributed by atoms with Crippen LogP contribution in [0.25, 0.3) is 0 Å². The molecular formula is C18H28ClN3O2S. The van der Waals surface area contributed by atoms with Crippen LogP contribution in [0, 0.1) is 0 Å². The van der Waals surface area contributed by atoms with Crippen LogP contribution in [0.1, 0.15) is 13.3 Å². The maximum Gasteiger partial charge on any atom is 0.235 e. The minimum atomic E-state index is -0.0554. The first-order chi connectivity index (χ1) is 11.7. The van der Waals surface area contributed by atoms with Gasteiger partial charge in [0.15, 0.2) is 0 Å². The number of halogens is 1. The number of ether oxygens (including phenoxy) is 1. The number of hydrogen-bond donors (Lipinski definition) is 1. The summed E-state index contributed by atoms with van der Waals surface area (Å²) in [5, 5.41) is 3.34. The van der Waals surface area contributed by atoms with Gasteiger partial charge in [0, 0.05) is 50.2 Å². The van der Waals surface area contributed by atoms with Crippen molar-refractivity contribution in [3.8, 4) is 5.75 Å². The molecule has 1 aromatic carbocycles. The van der Waals surface area contributed by atoms with Gasteiger partial charge in [-0.05, 0) is 37.6 Å². The first-order valence-electron chi connectivity index (χ1n) is 8.71. The molecule has 2 unspecified atom stereocenters. The van der Waals surface area contributed by atoms with E-state index in [2.05, 4.69) is 10.2 Å². The van der Waals surface area contributed by atoms with E-state index >= 15 is 0 Å². The number of piperazine rings is 1. The van der Waals surface area contributed by atoms with Crippen LogP contribution >= 0.6 is 24.2 Å². The minimum absolute atomic E-state index is 0. The normalized spacial score (nSPS) is 22.3. The Morgan fingerprint density at radius 2 is 1.92 bits per heavy atom. The smallest absolute Gasteiger partial charge is 0.235 e. The van der Waals surface area contributed by atoms with E-state index in [1.165, 1.54) is 0 Å². The predicted molar refractivity (Wildman–Crippen MR) is 105 cm³/mol. The fraction of sp³-hybridized carbons (Fsp3) is 0.611. The van der Waals surface area contributed by atoms with Crippen LogP contribution < -0.4 is 10.1 Å². The summed E-state index contributed by atoms with van der Waals surface area (Å²) in [4.78, 5) is 18.4. The lowest BCUT2D eigenvalue weighted by Gasteiger charge is -2.32. The number of methoxy groups -OCH3 is 1. The number of amides is 1. The molecule has 140 valence electrons. The van der Waals surface area contributed by atoms with Crippen molar-refractivity contribution in [2.45, 2.75) is 29.5 Å². The molecule has 5 nitrogen and oxygen atoms in total. The zero-order valence-electron chi connectivity index (χ0n) is 14.9. The molecule has 25 heavy (non-hydrogen) atoms. The van der Waals surface area contributed by atoms with E-state index in [9.17, 15) is 4.79 Å². The average molecular weight is 386 g/mol. The van der Waals surface area contributed by atoms with Crippen molar-refractivity contribution < 1.29 is 9.53 Å². The summed E-state index contributed by atoms with van der Waals surface area (Å²) in [7, 11) is 1.66. The summed E-state index contributed by atoms with van der Waals surface area (Å²) in [5.41, 5.74) is 0. The number of thioether (sulfide) groups is 1. The fourth-order valence-corrected chi connectivity index (χ4v) is 4.40. The van der Waals surface area contributed by atoms with Gasteiger partial charge in [-0.1, -0.05) is 0 Å². The van der Waals surface area contributed by atoms with Crippen molar-refractivity contribution in [2.75, 3.05) is 46.4 Å². The monoisotopic (exact) mass is 385 g/mol. The number of nitrogens with zero attached hydrogens (tertiary/aromatic N) is 2. The molecule has 1 N–H and O–H groups in total. The first kappa shape index (κ1) is 20.4. The van der Waals surface area contributed by atoms with Crippen molar-refractivity contribution in [1.82, 2.24) is 15.1 Å². The highest BCUT2D eigenvalue weighted by atomic mass is 35.5. The van der Waals surface area contributed by atoms with Crippen LogP contribution in [0.15, 0.2) is 29.2 Å². The van der Waals surface area contributed by atoms with E-state index in [0.717, 1.165) is 56.3 Å². The van der Waals surface area contributed by atoms with Crippen molar-refractivity contribution in [3.63, 3.8) is 0 Å². The SMILES string of the molecule is COc1ccc(SC(C)C(=O)N2CCC(N3CCNCC3)C2)cc1.Cl. The molecule has 0 aromatic heterocycles. The molecule has 2 aliphatic heterocycles. The van der Waals surface area contributed by atoms with Gasteiger partial charge in [-0.2, -0.15) is 0 Å². The summed E-state index contributed by atoms with van der Waals surface area (Å²) < 4.78 is 5.18. The number of nitrogens with one attached hydrogen (secondary N) is 1. The Labute approximate surface area is 160 Å². The maximum absolute atomic E-state index is 12.8. The zero-order valence-corrected chi connectivity index (χ0v) is 16.6. The van der Waals surface area contributed by atoms with Crippen LogP contribution in [-0.2, 0) is 4.79 Å². The molecule has 2 aliphatic rings. The molecule has 2 atom stereocenters. The molecule has 0 radical (unpaired) electrons. The lowest BCUT2D eigenvalue weighted by molar-refractivity contribution is -0.129. The van der Waals surface area contributed by atoms with Gasteiger partial charge in [0.2, 0.25) is 5.91 Å². The number of benzene rings is 1. The van der Waals surface area contributed by atoms with Crippen LogP contribution in [0.2, 0.25) is 0 Å². The second-order valence-electron chi connectivity index (χ2n) is 6.45. The second kappa shape index (κ2) is 9.67. The highest BCUT2D eigenvalue weighted by Crippen LogP contribution is 2.28. The van der Waals surface area contributed by atoms with Gasteiger partial charge < -0.3 is 15.0 Å². The Bertz CT molecular complexity index is 552. The number of carbonyl (C=O) groups is 1. The van der Waals surface area contributed by atoms with Gasteiger partial charge in [0.05, 0.1) is 12.4 Å². The molecule has 2 fully saturated rings. The van der Waals surface area contributed by atoms with E-state index in [0.29, 0.717) is 6.04 Å². The van der Waals surface area contributed by atoms with E-state index in [1.807, 2.05) is 36.1 Å². The Balaban J connectivity index is 0.00000225. The van der Waals surface area contributed by atoms with Crippen LogP contribution in [0.5, 0.6) is 5.75 Å². The zero-order chi connectivity index (χ0) is 16.9. The van der Waals surface area contributed by atoms with Crippen LogP contribution in [0.3, 0.4) is 0 Å². The lowest BCUT2D eigenvalue weighted by Crippen LogP contribution is -2.49. The summed E-state index contributed by atoms with van der Waals surface area (Å²) in [5.74, 6) is 1.10. The van der Waals surface area contributed by atoms with Gasteiger partial charge in [0.1, 0.15) is 5.75 Å². The molecule has 2 heterocycles. The van der Waals surface area contributed by atoms with Gasteiger partial charge in [0.25, 0.3) is 0 Å². The molecule has 1 aromatic rings. The quantitative estimate of drug-likeness (QED) is 0.786. The van der Waals surface area contributed by atoms with Gasteiger partial charge >= 0.3 is 0 Å². The minimum Gasteiger partial charge on any atom is -0.497 e. The van der Waals surface area contributed by atoms with Crippen molar-refractivity contribution in [1.29, 1.82) is 0 Å². The molecule has 0 spiro atoms. The number of likely N-dealkylation sites (tertiary alicyclic amines) is 1. The van der Waals surface area contributed by atoms with Gasteiger partial charge in [-0.25, -0.2) is 0 Å². The Kier molecular flexibility index (Phi) is 7.87. The molecule has 0 saturated carbocycles. The van der Waals surface area contributed by atoms with E-state index < -0.39 is 0 Å². The van der Waals surface area contributed by atoms with Crippen molar-refractivity contribution in [3.05, 3.63) is 24.3 Å². The molecule has 2 saturated heterocycles. The Morgan fingerprint density at radius 3 is 2.56 bits per heavy atom. The summed E-state index contributed by atoms with van der Waals surface area (Å²) in [6.07, 6.45) is 1.10. The summed E-state index contributed by atoms with van der Waals surface area (Å²) in [6, 6.07) is 8.45. The highest BCUT2D eigenvalue weighted by molar-refractivity contribution is 8.00. The predicted octanol–water partition coefficient (Wildman–Crippen LogP) is 2.10. The van der Waals surface area contributed by atoms with Crippen LogP contribution in [-0.4, -0.2) is 73.4 Å². The van der Waals surface area contributed by atoms with E-state index in [4.69, 9.17) is 4.74 Å². The lowest BCUT2D eigenvalue weighted by atomic mass is 10.2. The first-order valence-corrected chi connectivity index (χ1v) is 9.59.